The summed E-state index contributed by atoms with van der Waals surface area (Å²) in [6.45, 7) is 7.30. The Morgan fingerprint density at radius 1 is 1.53 bits per heavy atom. The molecule has 0 saturated carbocycles. The molecule has 0 fully saturated rings. The molecule has 0 saturated heterocycles. The van der Waals surface area contributed by atoms with Gasteiger partial charge in [-0.1, -0.05) is 26.1 Å². The molecule has 2 N–H and O–H groups in total. The molecular formula is C14H21N3OS. The Morgan fingerprint density at radius 2 is 2.21 bits per heavy atom. The van der Waals surface area contributed by atoms with Gasteiger partial charge in [0.25, 0.3) is 5.91 Å². The van der Waals surface area contributed by atoms with E-state index in [0.29, 0.717) is 36.0 Å². The maximum atomic E-state index is 12.5. The van der Waals surface area contributed by atoms with Crippen molar-refractivity contribution in [1.82, 2.24) is 9.88 Å². The molecule has 1 amide bonds. The van der Waals surface area contributed by atoms with Crippen molar-refractivity contribution in [3.8, 4) is 0 Å². The highest BCUT2D eigenvalue weighted by atomic mass is 32.1. The van der Waals surface area contributed by atoms with Gasteiger partial charge >= 0.3 is 0 Å². The van der Waals surface area contributed by atoms with Crippen molar-refractivity contribution >= 4 is 23.1 Å². The van der Waals surface area contributed by atoms with Gasteiger partial charge in [-0.25, -0.2) is 0 Å². The van der Waals surface area contributed by atoms with Crippen molar-refractivity contribution < 1.29 is 4.79 Å². The van der Waals surface area contributed by atoms with Gasteiger partial charge in [0.15, 0.2) is 0 Å². The number of carbonyl (C=O) groups is 1. The summed E-state index contributed by atoms with van der Waals surface area (Å²) in [6.07, 6.45) is 2.21. The summed E-state index contributed by atoms with van der Waals surface area (Å²) < 4.78 is 0. The Morgan fingerprint density at radius 3 is 2.74 bits per heavy atom. The number of nitrogens with zero attached hydrogens (tertiary/aromatic N) is 2. The van der Waals surface area contributed by atoms with Gasteiger partial charge in [-0.15, -0.1) is 0 Å². The van der Waals surface area contributed by atoms with E-state index in [9.17, 15) is 4.79 Å². The number of pyridine rings is 1. The standard InChI is InChI=1S/C14H21N3OS/c1-10(2)9-17(7-5-13(15)19)14(18)12-4-6-16-11(3)8-12/h4,6,8,10H,5,7,9H2,1-3H3,(H2,15,19). The Hall–Kier alpha value is -1.49. The van der Waals surface area contributed by atoms with E-state index >= 15 is 0 Å². The zero-order valence-corrected chi connectivity index (χ0v) is 12.5. The summed E-state index contributed by atoms with van der Waals surface area (Å²) in [4.78, 5) is 18.8. The van der Waals surface area contributed by atoms with E-state index in [-0.39, 0.29) is 5.91 Å². The van der Waals surface area contributed by atoms with Crippen LogP contribution in [0.25, 0.3) is 0 Å². The van der Waals surface area contributed by atoms with E-state index in [0.717, 1.165) is 5.69 Å². The Balaban J connectivity index is 2.83. The normalized spacial score (nSPS) is 10.5. The predicted octanol–water partition coefficient (Wildman–Crippen LogP) is 2.16. The molecule has 1 aromatic rings. The lowest BCUT2D eigenvalue weighted by Gasteiger charge is -2.24. The molecule has 5 heteroatoms. The van der Waals surface area contributed by atoms with Crippen LogP contribution >= 0.6 is 12.2 Å². The summed E-state index contributed by atoms with van der Waals surface area (Å²) in [5.41, 5.74) is 7.02. The van der Waals surface area contributed by atoms with Crippen LogP contribution in [0.1, 0.15) is 36.3 Å². The second kappa shape index (κ2) is 7.19. The van der Waals surface area contributed by atoms with Gasteiger partial charge in [0.1, 0.15) is 0 Å². The third kappa shape index (κ3) is 5.34. The molecule has 104 valence electrons. The van der Waals surface area contributed by atoms with Crippen LogP contribution < -0.4 is 5.73 Å². The number of hydrogen-bond donors (Lipinski definition) is 1. The van der Waals surface area contributed by atoms with Crippen LogP contribution in [0.15, 0.2) is 18.3 Å². The molecular weight excluding hydrogens is 258 g/mol. The summed E-state index contributed by atoms with van der Waals surface area (Å²) in [7, 11) is 0. The number of rotatable bonds is 6. The van der Waals surface area contributed by atoms with Crippen LogP contribution in [-0.4, -0.2) is 33.9 Å². The van der Waals surface area contributed by atoms with Crippen molar-refractivity contribution in [2.45, 2.75) is 27.2 Å². The largest absolute Gasteiger partial charge is 0.393 e. The molecule has 0 bridgehead atoms. The topological polar surface area (TPSA) is 59.2 Å². The molecule has 1 rings (SSSR count). The van der Waals surface area contributed by atoms with Crippen molar-refractivity contribution in [1.29, 1.82) is 0 Å². The molecule has 0 atom stereocenters. The number of aryl methyl sites for hydroxylation is 1. The number of hydrogen-bond acceptors (Lipinski definition) is 3. The third-order valence-electron chi connectivity index (χ3n) is 2.64. The van der Waals surface area contributed by atoms with Crippen molar-refractivity contribution in [2.24, 2.45) is 11.7 Å². The van der Waals surface area contributed by atoms with E-state index in [1.807, 2.05) is 6.92 Å². The minimum atomic E-state index is 0.00968. The van der Waals surface area contributed by atoms with Crippen LogP contribution in [0, 0.1) is 12.8 Å². The van der Waals surface area contributed by atoms with E-state index in [1.54, 1.807) is 23.2 Å². The second-order valence-corrected chi connectivity index (χ2v) is 5.57. The van der Waals surface area contributed by atoms with E-state index in [1.165, 1.54) is 0 Å². The Bertz CT molecular complexity index is 460. The fraction of sp³-hybridized carbons (Fsp3) is 0.500. The first-order valence-electron chi connectivity index (χ1n) is 6.40. The summed E-state index contributed by atoms with van der Waals surface area (Å²) in [6, 6.07) is 3.54. The molecule has 0 aromatic carbocycles. The molecule has 1 heterocycles. The first kappa shape index (κ1) is 15.6. The molecule has 0 aliphatic carbocycles. The zero-order chi connectivity index (χ0) is 14.4. The van der Waals surface area contributed by atoms with Gasteiger partial charge in [0.05, 0.1) is 4.99 Å². The van der Waals surface area contributed by atoms with Crippen molar-refractivity contribution in [3.63, 3.8) is 0 Å². The van der Waals surface area contributed by atoms with E-state index < -0.39 is 0 Å². The van der Waals surface area contributed by atoms with E-state index in [2.05, 4.69) is 18.8 Å². The first-order chi connectivity index (χ1) is 8.90. The average Bonchev–Trinajstić information content (AvgIpc) is 2.33. The van der Waals surface area contributed by atoms with Crippen molar-refractivity contribution in [3.05, 3.63) is 29.6 Å². The molecule has 0 unspecified atom stereocenters. The molecule has 4 nitrogen and oxygen atoms in total. The highest BCUT2D eigenvalue weighted by Crippen LogP contribution is 2.09. The lowest BCUT2D eigenvalue weighted by atomic mass is 10.1. The van der Waals surface area contributed by atoms with Gasteiger partial charge in [-0.2, -0.15) is 0 Å². The maximum Gasteiger partial charge on any atom is 0.253 e. The third-order valence-corrected chi connectivity index (χ3v) is 2.85. The van der Waals surface area contributed by atoms with Crippen LogP contribution in [0.5, 0.6) is 0 Å². The van der Waals surface area contributed by atoms with Crippen LogP contribution in [0.3, 0.4) is 0 Å². The van der Waals surface area contributed by atoms with Crippen molar-refractivity contribution in [2.75, 3.05) is 13.1 Å². The quantitative estimate of drug-likeness (QED) is 0.811. The summed E-state index contributed by atoms with van der Waals surface area (Å²) in [5, 5.41) is 0. The zero-order valence-electron chi connectivity index (χ0n) is 11.7. The number of amides is 1. The fourth-order valence-electron chi connectivity index (χ4n) is 1.82. The smallest absolute Gasteiger partial charge is 0.253 e. The first-order valence-corrected chi connectivity index (χ1v) is 6.81. The number of aromatic nitrogens is 1. The van der Waals surface area contributed by atoms with Gasteiger partial charge in [0.2, 0.25) is 0 Å². The minimum Gasteiger partial charge on any atom is -0.393 e. The summed E-state index contributed by atoms with van der Waals surface area (Å²) in [5.74, 6) is 0.411. The summed E-state index contributed by atoms with van der Waals surface area (Å²) >= 11 is 4.88. The molecule has 1 aromatic heterocycles. The lowest BCUT2D eigenvalue weighted by molar-refractivity contribution is 0.0741. The molecule has 19 heavy (non-hydrogen) atoms. The van der Waals surface area contributed by atoms with Gasteiger partial charge in [0, 0.05) is 37.0 Å². The highest BCUT2D eigenvalue weighted by Gasteiger charge is 2.17. The number of nitrogens with two attached hydrogens (primary N) is 1. The van der Waals surface area contributed by atoms with Crippen LogP contribution in [0.2, 0.25) is 0 Å². The van der Waals surface area contributed by atoms with Crippen LogP contribution in [-0.2, 0) is 0 Å². The molecule has 0 radical (unpaired) electrons. The van der Waals surface area contributed by atoms with Crippen LogP contribution in [0.4, 0.5) is 0 Å². The number of carbonyl (C=O) groups excluding carboxylic acids is 1. The Labute approximate surface area is 120 Å². The monoisotopic (exact) mass is 279 g/mol. The van der Waals surface area contributed by atoms with E-state index in [4.69, 9.17) is 18.0 Å². The van der Waals surface area contributed by atoms with Gasteiger partial charge < -0.3 is 10.6 Å². The average molecular weight is 279 g/mol. The lowest BCUT2D eigenvalue weighted by Crippen LogP contribution is -2.36. The minimum absolute atomic E-state index is 0.00968. The molecule has 0 spiro atoms. The number of thiocarbonyl (C=S) groups is 1. The van der Waals surface area contributed by atoms with Gasteiger partial charge in [-0.3, -0.25) is 9.78 Å². The second-order valence-electron chi connectivity index (χ2n) is 5.05. The SMILES string of the molecule is Cc1cc(C(=O)N(CCC(N)=S)CC(C)C)ccn1. The molecule has 0 aliphatic rings. The van der Waals surface area contributed by atoms with Gasteiger partial charge in [-0.05, 0) is 25.0 Å². The maximum absolute atomic E-state index is 12.5. The molecule has 0 aliphatic heterocycles. The Kier molecular flexibility index (Phi) is 5.89. The highest BCUT2D eigenvalue weighted by molar-refractivity contribution is 7.80. The fourth-order valence-corrected chi connectivity index (χ4v) is 1.91. The predicted molar refractivity (Wildman–Crippen MR) is 81.1 cm³/mol.